The highest BCUT2D eigenvalue weighted by atomic mass is 31.1. The van der Waals surface area contributed by atoms with Gasteiger partial charge in [0, 0.05) is 0 Å². The Hall–Kier alpha value is 0.110. The molecule has 0 aromatic carbocycles. The summed E-state index contributed by atoms with van der Waals surface area (Å²) in [6.07, 6.45) is 0. The minimum atomic E-state index is -3.07. The van der Waals surface area contributed by atoms with Gasteiger partial charge in [0.2, 0.25) is 0 Å². The first-order valence-corrected chi connectivity index (χ1v) is 2.08. The summed E-state index contributed by atoms with van der Waals surface area (Å²) < 4.78 is 11.9. The Morgan fingerprint density at radius 2 is 2.00 bits per heavy atom. The third kappa shape index (κ3) is 4.11. The number of hydrogen-bond donors (Lipinski definition) is 2. The van der Waals surface area contributed by atoms with E-state index in [-0.39, 0.29) is 0 Å². The lowest BCUT2D eigenvalue weighted by Crippen LogP contribution is -1.59. The van der Waals surface area contributed by atoms with Crippen LogP contribution in [0.1, 0.15) is 0 Å². The van der Waals surface area contributed by atoms with Gasteiger partial charge >= 0.3 is 8.25 Å². The molecule has 0 amide bonds. The summed E-state index contributed by atoms with van der Waals surface area (Å²) >= 11 is 0. The minimum Gasteiger partial charge on any atom is -0.325 e. The Labute approximate surface area is 28.9 Å². The lowest BCUT2D eigenvalue weighted by atomic mass is 15.0. The molecule has 0 spiro atoms. The number of hydrogen-bond acceptors (Lipinski definition) is 3. The molecule has 0 aliphatic carbocycles. The Balaban J connectivity index is 2.85. The van der Waals surface area contributed by atoms with Crippen LogP contribution >= 0.6 is 8.25 Å². The zero-order valence-electron chi connectivity index (χ0n) is 2.21. The molecule has 0 aliphatic heterocycles. The largest absolute Gasteiger partial charge is 0.344 e. The second-order valence-electron chi connectivity index (χ2n) is 0.357. The van der Waals surface area contributed by atoms with E-state index in [1.54, 1.807) is 0 Å². The van der Waals surface area contributed by atoms with Gasteiger partial charge in [-0.2, -0.15) is 4.67 Å². The van der Waals surface area contributed by atoms with E-state index in [0.717, 1.165) is 0 Å². The third-order valence-corrected chi connectivity index (χ3v) is 0.234. The van der Waals surface area contributed by atoms with Crippen LogP contribution in [0.25, 0.3) is 0 Å². The summed E-state index contributed by atoms with van der Waals surface area (Å²) in [4.78, 5) is 7.44. The summed E-state index contributed by atoms with van der Waals surface area (Å²) in [5, 5.41) is 7.13. The standard InChI is InChI=1S/H3O4P/c1-4-5(2)3/h1,5H,(H,2,3). The Morgan fingerprint density at radius 3 is 2.00 bits per heavy atom. The van der Waals surface area contributed by atoms with Crippen LogP contribution in [0.3, 0.4) is 0 Å². The second kappa shape index (κ2) is 2.35. The highest BCUT2D eigenvalue weighted by Gasteiger charge is 1.77. The zero-order chi connectivity index (χ0) is 4.28. The van der Waals surface area contributed by atoms with Gasteiger partial charge < -0.3 is 4.89 Å². The molecule has 0 heterocycles. The average molecular weight is 98.0 g/mol. The Bertz CT molecular complexity index is 38.9. The molecule has 5 heteroatoms. The van der Waals surface area contributed by atoms with Crippen LogP contribution in [0.4, 0.5) is 0 Å². The molecule has 32 valence electrons. The maximum atomic E-state index is 9.08. The van der Waals surface area contributed by atoms with E-state index in [4.69, 9.17) is 14.7 Å². The third-order valence-electron chi connectivity index (χ3n) is 0.0781. The van der Waals surface area contributed by atoms with Crippen molar-refractivity contribution < 1.29 is 19.4 Å². The summed E-state index contributed by atoms with van der Waals surface area (Å²) in [6, 6.07) is 0. The molecule has 4 nitrogen and oxygen atoms in total. The molecule has 0 rings (SSSR count). The van der Waals surface area contributed by atoms with Crippen molar-refractivity contribution >= 4 is 8.25 Å². The van der Waals surface area contributed by atoms with Crippen LogP contribution in [0.2, 0.25) is 0 Å². The summed E-state index contributed by atoms with van der Waals surface area (Å²) in [7, 11) is -3.07. The molecule has 0 saturated heterocycles. The van der Waals surface area contributed by atoms with E-state index in [1.807, 2.05) is 0 Å². The van der Waals surface area contributed by atoms with E-state index in [9.17, 15) is 0 Å². The summed E-state index contributed by atoms with van der Waals surface area (Å²) in [6.45, 7) is 0. The van der Waals surface area contributed by atoms with Crippen LogP contribution < -0.4 is 0 Å². The van der Waals surface area contributed by atoms with Gasteiger partial charge in [0.1, 0.15) is 0 Å². The molecule has 0 bridgehead atoms. The van der Waals surface area contributed by atoms with E-state index in [1.165, 1.54) is 0 Å². The molecule has 0 saturated carbocycles. The second-order valence-corrected chi connectivity index (χ2v) is 1.07. The van der Waals surface area contributed by atoms with Crippen molar-refractivity contribution in [2.45, 2.75) is 0 Å². The highest BCUT2D eigenvalue weighted by Crippen LogP contribution is 2.09. The normalized spacial score (nSPS) is 14.8. The van der Waals surface area contributed by atoms with Gasteiger partial charge in [-0.3, -0.25) is 4.57 Å². The van der Waals surface area contributed by atoms with Gasteiger partial charge in [-0.25, -0.2) is 5.26 Å². The summed E-state index contributed by atoms with van der Waals surface area (Å²) in [5.74, 6) is 0. The van der Waals surface area contributed by atoms with Crippen LogP contribution in [0.5, 0.6) is 0 Å². The van der Waals surface area contributed by atoms with E-state index in [2.05, 4.69) is 4.67 Å². The van der Waals surface area contributed by atoms with E-state index < -0.39 is 8.25 Å². The zero-order valence-corrected chi connectivity index (χ0v) is 3.21. The lowest BCUT2D eigenvalue weighted by Gasteiger charge is -1.75. The first-order chi connectivity index (χ1) is 2.27. The van der Waals surface area contributed by atoms with E-state index >= 15 is 0 Å². The molecule has 0 fully saturated rings. The van der Waals surface area contributed by atoms with Gasteiger partial charge in [0.15, 0.2) is 0 Å². The Morgan fingerprint density at radius 1 is 1.80 bits per heavy atom. The predicted molar refractivity (Wildman–Crippen MR) is 14.9 cm³/mol. The highest BCUT2D eigenvalue weighted by molar-refractivity contribution is 7.31. The van der Waals surface area contributed by atoms with Crippen molar-refractivity contribution in [1.82, 2.24) is 0 Å². The molecule has 0 aromatic rings. The molecule has 1 atom stereocenters. The van der Waals surface area contributed by atoms with Crippen LogP contribution in [-0.2, 0) is 9.24 Å². The minimum absolute atomic E-state index is 2.85. The van der Waals surface area contributed by atoms with Crippen molar-refractivity contribution in [3.63, 3.8) is 0 Å². The van der Waals surface area contributed by atoms with Gasteiger partial charge in [0.25, 0.3) is 0 Å². The quantitative estimate of drug-likeness (QED) is 0.272. The first-order valence-electron chi connectivity index (χ1n) is 0.814. The molecule has 0 aliphatic rings. The van der Waals surface area contributed by atoms with Gasteiger partial charge in [0.05, 0.1) is 0 Å². The summed E-state index contributed by atoms with van der Waals surface area (Å²) in [5.41, 5.74) is 0. The van der Waals surface area contributed by atoms with Gasteiger partial charge in [-0.15, -0.1) is 0 Å². The van der Waals surface area contributed by atoms with Crippen molar-refractivity contribution in [2.75, 3.05) is 0 Å². The molecule has 0 aromatic heterocycles. The lowest BCUT2D eigenvalue weighted by molar-refractivity contribution is -0.138. The van der Waals surface area contributed by atoms with Crippen molar-refractivity contribution in [1.29, 1.82) is 0 Å². The van der Waals surface area contributed by atoms with Gasteiger partial charge in [-0.1, -0.05) is 0 Å². The maximum Gasteiger partial charge on any atom is 0.344 e. The van der Waals surface area contributed by atoms with Crippen LogP contribution in [0, 0.1) is 0 Å². The Kier molecular flexibility index (Phi) is 2.41. The molecular weight excluding hydrogens is 95.0 g/mol. The van der Waals surface area contributed by atoms with Crippen molar-refractivity contribution in [2.24, 2.45) is 0 Å². The fourth-order valence-electron chi connectivity index (χ4n) is 0. The maximum absolute atomic E-state index is 9.08. The van der Waals surface area contributed by atoms with E-state index in [0.29, 0.717) is 0 Å². The first kappa shape index (κ1) is 5.11. The molecule has 2 N–H and O–H groups in total. The smallest absolute Gasteiger partial charge is 0.325 e. The molecule has 5 heavy (non-hydrogen) atoms. The molecular formula is H3O4P. The predicted octanol–water partition coefficient (Wildman–Crippen LogP) is -0.142. The topological polar surface area (TPSA) is 66.8 Å². The van der Waals surface area contributed by atoms with Crippen LogP contribution in [0.15, 0.2) is 0 Å². The van der Waals surface area contributed by atoms with Crippen molar-refractivity contribution in [3.8, 4) is 0 Å². The van der Waals surface area contributed by atoms with Gasteiger partial charge in [-0.05, 0) is 0 Å². The average Bonchev–Trinajstić information content (AvgIpc) is 1.38. The fraction of sp³-hybridized carbons (Fsp3) is 0. The SMILES string of the molecule is O=[PH](O)OO. The fourth-order valence-corrected chi connectivity index (χ4v) is 0. The van der Waals surface area contributed by atoms with Crippen molar-refractivity contribution in [3.05, 3.63) is 0 Å². The van der Waals surface area contributed by atoms with Crippen LogP contribution in [-0.4, -0.2) is 10.2 Å². The number of rotatable bonds is 1. The monoisotopic (exact) mass is 98.0 g/mol. The molecule has 1 unspecified atom stereocenters. The molecule has 0 radical (unpaired) electrons.